The first-order valence-corrected chi connectivity index (χ1v) is 5.46. The molecular formula is C13H12N4O. The third-order valence-corrected chi connectivity index (χ3v) is 2.28. The number of aromatic nitrogens is 2. The summed E-state index contributed by atoms with van der Waals surface area (Å²) in [5, 5.41) is 11.6. The Balaban J connectivity index is 1.89. The second-order valence-corrected chi connectivity index (χ2v) is 3.57. The maximum absolute atomic E-state index is 8.40. The molecule has 1 aromatic carbocycles. The van der Waals surface area contributed by atoms with Gasteiger partial charge in [-0.3, -0.25) is 0 Å². The summed E-state index contributed by atoms with van der Waals surface area (Å²) in [6.45, 7) is 0.755. The number of anilines is 1. The highest BCUT2D eigenvalue weighted by atomic mass is 16.5. The van der Waals surface area contributed by atoms with Gasteiger partial charge in [-0.15, -0.1) is 0 Å². The van der Waals surface area contributed by atoms with Gasteiger partial charge in [0.05, 0.1) is 18.1 Å². The summed E-state index contributed by atoms with van der Waals surface area (Å²) in [5.41, 5.74) is 1.99. The van der Waals surface area contributed by atoms with E-state index in [1.54, 1.807) is 12.4 Å². The molecule has 0 aliphatic rings. The van der Waals surface area contributed by atoms with Gasteiger partial charge < -0.3 is 10.1 Å². The lowest BCUT2D eigenvalue weighted by Gasteiger charge is -2.06. The number of rotatable bonds is 5. The molecule has 5 heteroatoms. The molecule has 5 nitrogen and oxygen atoms in total. The summed E-state index contributed by atoms with van der Waals surface area (Å²) < 4.78 is 5.17. The van der Waals surface area contributed by atoms with Crippen molar-refractivity contribution in [1.82, 2.24) is 9.97 Å². The van der Waals surface area contributed by atoms with Crippen LogP contribution >= 0.6 is 0 Å². The number of nitrogens with one attached hydrogen (secondary N) is 1. The first kappa shape index (κ1) is 11.9. The smallest absolute Gasteiger partial charge is 0.174 e. The van der Waals surface area contributed by atoms with E-state index in [9.17, 15) is 0 Å². The van der Waals surface area contributed by atoms with Crippen LogP contribution in [-0.2, 0) is 6.54 Å². The van der Waals surface area contributed by atoms with Gasteiger partial charge in [0.1, 0.15) is 18.1 Å². The Bertz CT molecular complexity index is 519. The molecule has 0 atom stereocenters. The Morgan fingerprint density at radius 3 is 2.56 bits per heavy atom. The zero-order chi connectivity index (χ0) is 12.6. The van der Waals surface area contributed by atoms with Crippen molar-refractivity contribution in [3.63, 3.8) is 0 Å². The van der Waals surface area contributed by atoms with Crippen LogP contribution in [-0.4, -0.2) is 16.6 Å². The van der Waals surface area contributed by atoms with Crippen LogP contribution in [0.1, 0.15) is 5.56 Å². The molecule has 0 radical (unpaired) electrons. The molecule has 0 unspecified atom stereocenters. The highest BCUT2D eigenvalue weighted by Crippen LogP contribution is 2.13. The molecule has 2 rings (SSSR count). The van der Waals surface area contributed by atoms with E-state index in [-0.39, 0.29) is 6.61 Å². The van der Waals surface area contributed by atoms with Crippen molar-refractivity contribution in [2.45, 2.75) is 6.54 Å². The van der Waals surface area contributed by atoms with E-state index in [1.807, 2.05) is 30.3 Å². The standard InChI is InChI=1S/C13H12N4O/c14-5-6-18-13-3-1-11(2-4-13)7-17-12-8-15-10-16-9-12/h1-4,8-10,17H,6-7H2. The minimum absolute atomic E-state index is 0.0684. The van der Waals surface area contributed by atoms with E-state index >= 15 is 0 Å². The largest absolute Gasteiger partial charge is 0.479 e. The molecule has 1 aromatic heterocycles. The predicted octanol–water partition coefficient (Wildman–Crippen LogP) is 1.99. The van der Waals surface area contributed by atoms with Gasteiger partial charge in [-0.1, -0.05) is 12.1 Å². The summed E-state index contributed by atoms with van der Waals surface area (Å²) in [6, 6.07) is 9.51. The molecule has 18 heavy (non-hydrogen) atoms. The lowest BCUT2D eigenvalue weighted by Crippen LogP contribution is -2.00. The fraction of sp³-hybridized carbons (Fsp3) is 0.154. The average Bonchev–Trinajstić information content (AvgIpc) is 2.45. The zero-order valence-electron chi connectivity index (χ0n) is 9.71. The minimum Gasteiger partial charge on any atom is -0.479 e. The van der Waals surface area contributed by atoms with Crippen LogP contribution in [0.4, 0.5) is 5.69 Å². The molecule has 0 fully saturated rings. The fourth-order valence-electron chi connectivity index (χ4n) is 1.41. The molecule has 90 valence electrons. The topological polar surface area (TPSA) is 70.8 Å². The number of nitriles is 1. The number of nitrogens with zero attached hydrogens (tertiary/aromatic N) is 3. The van der Waals surface area contributed by atoms with Crippen molar-refractivity contribution >= 4 is 5.69 Å². The van der Waals surface area contributed by atoms with E-state index in [0.29, 0.717) is 12.3 Å². The zero-order valence-corrected chi connectivity index (χ0v) is 9.71. The number of ether oxygens (including phenoxy) is 1. The fourth-order valence-corrected chi connectivity index (χ4v) is 1.41. The van der Waals surface area contributed by atoms with E-state index in [4.69, 9.17) is 10.00 Å². The molecule has 0 aliphatic heterocycles. The van der Waals surface area contributed by atoms with Crippen molar-refractivity contribution in [3.8, 4) is 11.8 Å². The highest BCUT2D eigenvalue weighted by Gasteiger charge is 1.96. The highest BCUT2D eigenvalue weighted by molar-refractivity contribution is 5.39. The molecule has 2 aromatic rings. The van der Waals surface area contributed by atoms with E-state index in [2.05, 4.69) is 15.3 Å². The lowest BCUT2D eigenvalue weighted by atomic mass is 10.2. The molecule has 0 amide bonds. The van der Waals surface area contributed by atoms with Crippen LogP contribution in [0.2, 0.25) is 0 Å². The van der Waals surface area contributed by atoms with Crippen molar-refractivity contribution < 1.29 is 4.74 Å². The molecule has 0 spiro atoms. The van der Waals surface area contributed by atoms with Crippen molar-refractivity contribution in [2.75, 3.05) is 11.9 Å². The summed E-state index contributed by atoms with van der Waals surface area (Å²) in [6.07, 6.45) is 4.93. The van der Waals surface area contributed by atoms with Crippen LogP contribution in [0.25, 0.3) is 0 Å². The van der Waals surface area contributed by atoms with Crippen molar-refractivity contribution in [2.24, 2.45) is 0 Å². The third kappa shape index (κ3) is 3.46. The maximum Gasteiger partial charge on any atom is 0.174 e. The first-order chi connectivity index (χ1) is 8.88. The van der Waals surface area contributed by atoms with Gasteiger partial charge in [0.25, 0.3) is 0 Å². The minimum atomic E-state index is 0.0684. The van der Waals surface area contributed by atoms with E-state index in [0.717, 1.165) is 11.3 Å². The molecule has 0 saturated heterocycles. The van der Waals surface area contributed by atoms with Gasteiger partial charge in [-0.05, 0) is 17.7 Å². The van der Waals surface area contributed by atoms with E-state index < -0.39 is 0 Å². The van der Waals surface area contributed by atoms with Crippen molar-refractivity contribution in [3.05, 3.63) is 48.5 Å². The molecule has 0 saturated carbocycles. The molecule has 1 N–H and O–H groups in total. The number of hydrogen-bond donors (Lipinski definition) is 1. The third-order valence-electron chi connectivity index (χ3n) is 2.28. The van der Waals surface area contributed by atoms with Crippen LogP contribution in [0.15, 0.2) is 43.0 Å². The normalized spacial score (nSPS) is 9.50. The van der Waals surface area contributed by atoms with Gasteiger partial charge in [0.15, 0.2) is 6.61 Å². The van der Waals surface area contributed by atoms with Crippen LogP contribution in [0.3, 0.4) is 0 Å². The van der Waals surface area contributed by atoms with Crippen LogP contribution < -0.4 is 10.1 Å². The average molecular weight is 240 g/mol. The van der Waals surface area contributed by atoms with Gasteiger partial charge >= 0.3 is 0 Å². The SMILES string of the molecule is N#CCOc1ccc(CNc2cncnc2)cc1. The van der Waals surface area contributed by atoms with E-state index in [1.165, 1.54) is 6.33 Å². The van der Waals surface area contributed by atoms with Crippen LogP contribution in [0.5, 0.6) is 5.75 Å². The Morgan fingerprint density at radius 1 is 1.17 bits per heavy atom. The second-order valence-electron chi connectivity index (χ2n) is 3.57. The maximum atomic E-state index is 8.40. The Morgan fingerprint density at radius 2 is 1.89 bits per heavy atom. The van der Waals surface area contributed by atoms with Crippen molar-refractivity contribution in [1.29, 1.82) is 5.26 Å². The van der Waals surface area contributed by atoms with Gasteiger partial charge in [0.2, 0.25) is 0 Å². The summed E-state index contributed by atoms with van der Waals surface area (Å²) in [7, 11) is 0. The van der Waals surface area contributed by atoms with Crippen LogP contribution in [0, 0.1) is 11.3 Å². The Labute approximate surface area is 105 Å². The first-order valence-electron chi connectivity index (χ1n) is 5.46. The van der Waals surface area contributed by atoms with Gasteiger partial charge in [-0.25, -0.2) is 9.97 Å². The predicted molar refractivity (Wildman–Crippen MR) is 66.9 cm³/mol. The molecule has 1 heterocycles. The molecule has 0 bridgehead atoms. The lowest BCUT2D eigenvalue weighted by molar-refractivity contribution is 0.368. The number of benzene rings is 1. The molecule has 0 aliphatic carbocycles. The molecular weight excluding hydrogens is 228 g/mol. The summed E-state index contributed by atoms with van der Waals surface area (Å²) in [5.74, 6) is 0.698. The number of hydrogen-bond acceptors (Lipinski definition) is 5. The summed E-state index contributed by atoms with van der Waals surface area (Å²) >= 11 is 0. The van der Waals surface area contributed by atoms with Gasteiger partial charge in [0, 0.05) is 6.54 Å². The Hall–Kier alpha value is -2.61. The second kappa shape index (κ2) is 6.21. The monoisotopic (exact) mass is 240 g/mol. The quantitative estimate of drug-likeness (QED) is 0.865. The Kier molecular flexibility index (Phi) is 4.09. The summed E-state index contributed by atoms with van der Waals surface area (Å²) in [4.78, 5) is 7.84. The van der Waals surface area contributed by atoms with Gasteiger partial charge in [-0.2, -0.15) is 5.26 Å².